The van der Waals surface area contributed by atoms with E-state index in [-0.39, 0.29) is 23.2 Å². The second kappa shape index (κ2) is 14.5. The Labute approximate surface area is 265 Å². The van der Waals surface area contributed by atoms with Crippen LogP contribution in [-0.2, 0) is 30.8 Å². The van der Waals surface area contributed by atoms with Gasteiger partial charge in [0.05, 0.1) is 17.4 Å². The maximum Gasteiger partial charge on any atom is 0.429 e. The molecular formula is C22H23N8O9PS4. The van der Waals surface area contributed by atoms with Gasteiger partial charge in [-0.2, -0.15) is 9.36 Å². The molecule has 3 aromatic heterocycles. The number of hydrogen-bond donors (Lipinski definition) is 6. The number of carboxylic acid groups (broad SMARTS) is 2. The minimum atomic E-state index is -4.73. The highest BCUT2D eigenvalue weighted by Gasteiger charge is 2.36. The van der Waals surface area contributed by atoms with E-state index in [1.54, 1.807) is 6.92 Å². The monoisotopic (exact) mass is 702 g/mol. The molecule has 0 saturated heterocycles. The van der Waals surface area contributed by atoms with Crippen molar-refractivity contribution in [3.8, 4) is 11.3 Å². The molecule has 0 saturated carbocycles. The number of aryl methyl sites for hydroxylation is 1. The van der Waals surface area contributed by atoms with E-state index in [0.29, 0.717) is 26.5 Å². The number of aromatic nitrogens is 4. The van der Waals surface area contributed by atoms with Gasteiger partial charge in [0.25, 0.3) is 5.91 Å². The van der Waals surface area contributed by atoms with Crippen LogP contribution in [0.2, 0.25) is 0 Å². The van der Waals surface area contributed by atoms with Gasteiger partial charge in [-0.3, -0.25) is 9.88 Å². The molecule has 22 heteroatoms. The number of amides is 1. The Kier molecular flexibility index (Phi) is 10.9. The number of nitrogens with zero attached hydrogens (tertiary/aromatic N) is 5. The molecule has 6 N–H and O–H groups in total. The zero-order valence-electron chi connectivity index (χ0n) is 22.6. The molecule has 234 valence electrons. The second-order valence-corrected chi connectivity index (χ2v) is 13.9. The molecule has 3 aromatic rings. The molecule has 0 fully saturated rings. The van der Waals surface area contributed by atoms with E-state index in [9.17, 15) is 29.2 Å². The summed E-state index contributed by atoms with van der Waals surface area (Å²) in [6.07, 6.45) is 3.75. The van der Waals surface area contributed by atoms with Crippen LogP contribution in [-0.4, -0.2) is 76.6 Å². The number of aliphatic carboxylic acids is 2. The quantitative estimate of drug-likeness (QED) is 0.0580. The van der Waals surface area contributed by atoms with Crippen LogP contribution in [0.3, 0.4) is 0 Å². The van der Waals surface area contributed by atoms with Gasteiger partial charge in [0.1, 0.15) is 19.0 Å². The number of oxime groups is 1. The van der Waals surface area contributed by atoms with E-state index < -0.39 is 48.5 Å². The van der Waals surface area contributed by atoms with Crippen LogP contribution in [0.15, 0.2) is 50.0 Å². The number of carbonyl (C=O) groups excluding carboxylic acids is 2. The predicted octanol–water partition coefficient (Wildman–Crippen LogP) is -0.283. The molecular weight excluding hydrogens is 680 g/mol. The smallest absolute Gasteiger partial charge is 0.429 e. The lowest BCUT2D eigenvalue weighted by molar-refractivity contribution is -0.671. The van der Waals surface area contributed by atoms with Crippen molar-refractivity contribution in [2.75, 3.05) is 17.4 Å². The Hall–Kier alpha value is -3.59. The average Bonchev–Trinajstić information content (AvgIpc) is 3.61. The van der Waals surface area contributed by atoms with E-state index in [4.69, 9.17) is 14.6 Å². The molecule has 2 atom stereocenters. The molecule has 0 spiro atoms. The maximum atomic E-state index is 13.1. The van der Waals surface area contributed by atoms with Gasteiger partial charge in [-0.25, -0.2) is 18.9 Å². The number of thiazole rings is 1. The summed E-state index contributed by atoms with van der Waals surface area (Å²) >= 11 is 3.96. The van der Waals surface area contributed by atoms with Gasteiger partial charge < -0.3 is 40.3 Å². The Balaban J connectivity index is 1.51. The number of pyridine rings is 1. The molecule has 0 aliphatic carbocycles. The first-order valence-corrected chi connectivity index (χ1v) is 17.3. The molecule has 1 aliphatic heterocycles. The van der Waals surface area contributed by atoms with E-state index in [1.807, 2.05) is 46.6 Å². The van der Waals surface area contributed by atoms with E-state index in [1.165, 1.54) is 11.3 Å². The van der Waals surface area contributed by atoms with Crippen LogP contribution >= 0.6 is 54.1 Å². The van der Waals surface area contributed by atoms with Crippen molar-refractivity contribution in [2.24, 2.45) is 12.2 Å². The van der Waals surface area contributed by atoms with Crippen molar-refractivity contribution < 1.29 is 48.4 Å². The van der Waals surface area contributed by atoms with Crippen molar-refractivity contribution in [1.29, 1.82) is 0 Å². The summed E-state index contributed by atoms with van der Waals surface area (Å²) < 4.78 is 17.5. The zero-order chi connectivity index (χ0) is 32.0. The summed E-state index contributed by atoms with van der Waals surface area (Å²) in [7, 11) is -2.84. The van der Waals surface area contributed by atoms with Crippen molar-refractivity contribution in [3.63, 3.8) is 0 Å². The van der Waals surface area contributed by atoms with Crippen LogP contribution in [0.25, 0.3) is 11.3 Å². The van der Waals surface area contributed by atoms with E-state index in [2.05, 4.69) is 30.1 Å². The van der Waals surface area contributed by atoms with Gasteiger partial charge in [-0.15, -0.1) is 23.1 Å². The minimum absolute atomic E-state index is 0.0157. The first kappa shape index (κ1) is 33.3. The summed E-state index contributed by atoms with van der Waals surface area (Å²) in [5.74, 6) is -4.50. The number of hydrogen-bond acceptors (Lipinski definition) is 15. The van der Waals surface area contributed by atoms with Gasteiger partial charge in [0, 0.05) is 45.3 Å². The van der Waals surface area contributed by atoms with Gasteiger partial charge in [0.2, 0.25) is 16.7 Å². The Morgan fingerprint density at radius 2 is 2.05 bits per heavy atom. The number of carbonyl (C=O) groups is 3. The Bertz CT molecular complexity index is 1660. The van der Waals surface area contributed by atoms with Crippen molar-refractivity contribution in [1.82, 2.24) is 25.0 Å². The molecule has 0 unspecified atom stereocenters. The van der Waals surface area contributed by atoms with E-state index >= 15 is 0 Å². The summed E-state index contributed by atoms with van der Waals surface area (Å²) in [6.45, 7) is 1.58. The normalized spacial score (nSPS) is 16.2. The standard InChI is InChI=1S/C22H23N8O9PS4/c1-3-39-27-14(16-26-21(44-29-16)28-40(36,37)38)17(31)24-15(20(34)35)18-25-13(19(32)33)12(9-41-18)43-22-23-11(8-42-22)10-4-6-30(2)7-5-10/h4-8,15,18,25H,3,9H2,1-2H3,(H5-,24,26,28,29,31,32,33,34,35,36,37,38)/b27-14-/t15-,18+/m0/s1. The van der Waals surface area contributed by atoms with Crippen LogP contribution in [0.5, 0.6) is 0 Å². The molecule has 0 aromatic carbocycles. The molecule has 17 nitrogen and oxygen atoms in total. The predicted molar refractivity (Wildman–Crippen MR) is 159 cm³/mol. The molecule has 4 heterocycles. The highest BCUT2D eigenvalue weighted by atomic mass is 32.2. The van der Waals surface area contributed by atoms with Crippen molar-refractivity contribution in [2.45, 2.75) is 22.7 Å². The molecule has 0 radical (unpaired) electrons. The lowest BCUT2D eigenvalue weighted by atomic mass is 10.2. The van der Waals surface area contributed by atoms with Crippen LogP contribution < -0.4 is 25.4 Å². The first-order chi connectivity index (χ1) is 20.8. The SMILES string of the molecule is CCO/N=C(\C(=O)N[C@H](C(=O)O)[C@@H]1NC(C(=O)[O-])=C(Sc2nc(-c3cc[n+](C)cc3)cs2)CS1)c1nsc(NP(=O)(O)O)n1. The molecule has 1 aliphatic rings. The second-order valence-electron chi connectivity index (χ2n) is 8.54. The third-order valence-corrected chi connectivity index (χ3v) is 10.1. The zero-order valence-corrected chi connectivity index (χ0v) is 26.7. The van der Waals surface area contributed by atoms with Gasteiger partial charge in [-0.05, 0) is 6.92 Å². The van der Waals surface area contributed by atoms with E-state index in [0.717, 1.165) is 29.1 Å². The number of carboxylic acids is 2. The lowest BCUT2D eigenvalue weighted by Crippen LogP contribution is -2.56. The Morgan fingerprint density at radius 1 is 1.32 bits per heavy atom. The fourth-order valence-electron chi connectivity index (χ4n) is 3.43. The molecule has 1 amide bonds. The number of nitrogens with one attached hydrogen (secondary N) is 3. The summed E-state index contributed by atoms with van der Waals surface area (Å²) in [5.41, 5.74) is 0.666. The highest BCUT2D eigenvalue weighted by molar-refractivity contribution is 8.07. The number of thioether (sulfide) groups is 2. The van der Waals surface area contributed by atoms with Crippen LogP contribution in [0.1, 0.15) is 12.7 Å². The van der Waals surface area contributed by atoms with Gasteiger partial charge in [-0.1, -0.05) is 16.9 Å². The molecule has 0 bridgehead atoms. The maximum absolute atomic E-state index is 13.1. The molecule has 4 rings (SSSR count). The van der Waals surface area contributed by atoms with Gasteiger partial charge >= 0.3 is 13.7 Å². The van der Waals surface area contributed by atoms with Crippen LogP contribution in [0.4, 0.5) is 5.13 Å². The number of rotatable bonds is 13. The van der Waals surface area contributed by atoms with Crippen molar-refractivity contribution in [3.05, 3.63) is 46.3 Å². The summed E-state index contributed by atoms with van der Waals surface area (Å²) in [4.78, 5) is 69.2. The third kappa shape index (κ3) is 8.74. The highest BCUT2D eigenvalue weighted by Crippen LogP contribution is 2.38. The fourth-order valence-corrected chi connectivity index (χ4v) is 7.96. The first-order valence-electron chi connectivity index (χ1n) is 12.2. The minimum Gasteiger partial charge on any atom is -0.543 e. The summed E-state index contributed by atoms with van der Waals surface area (Å²) in [6, 6.07) is 2.11. The average molecular weight is 703 g/mol. The topological polar surface area (TPSA) is 252 Å². The third-order valence-electron chi connectivity index (χ3n) is 5.37. The van der Waals surface area contributed by atoms with Gasteiger partial charge in [0.15, 0.2) is 22.8 Å². The lowest BCUT2D eigenvalue weighted by Gasteiger charge is -2.32. The van der Waals surface area contributed by atoms with Crippen LogP contribution in [0, 0.1) is 0 Å². The fraction of sp³-hybridized carbons (Fsp3) is 0.273. The summed E-state index contributed by atoms with van der Waals surface area (Å²) in [5, 5.41) is 32.7. The Morgan fingerprint density at radius 3 is 2.68 bits per heavy atom. The van der Waals surface area contributed by atoms with Crippen molar-refractivity contribution >= 4 is 82.8 Å². The largest absolute Gasteiger partial charge is 0.543 e. The molecule has 44 heavy (non-hydrogen) atoms. The number of anilines is 1.